The van der Waals surface area contributed by atoms with Crippen LogP contribution in [-0.2, 0) is 16.2 Å². The summed E-state index contributed by atoms with van der Waals surface area (Å²) in [4.78, 5) is 34.1. The zero-order chi connectivity index (χ0) is 21.0. The van der Waals surface area contributed by atoms with E-state index in [0.717, 1.165) is 5.56 Å². The highest BCUT2D eigenvalue weighted by Gasteiger charge is 2.25. The van der Waals surface area contributed by atoms with Crippen LogP contribution in [0.1, 0.15) is 11.1 Å². The lowest BCUT2D eigenvalue weighted by atomic mass is 10.1. The highest BCUT2D eigenvalue weighted by atomic mass is 32.1. The number of nitro benzene ring substituents is 1. The minimum Gasteiger partial charge on any atom is -0.493 e. The second-order valence-corrected chi connectivity index (χ2v) is 6.33. The lowest BCUT2D eigenvalue weighted by Crippen LogP contribution is -2.51. The number of carbonyl (C=O) groups is 2. The third-order valence-corrected chi connectivity index (χ3v) is 4.19. The predicted octanol–water partition coefficient (Wildman–Crippen LogP) is 2.10. The van der Waals surface area contributed by atoms with Crippen LogP contribution in [0, 0.1) is 10.1 Å². The van der Waals surface area contributed by atoms with Gasteiger partial charge in [-0.1, -0.05) is 6.07 Å². The fraction of sp³-hybridized carbons (Fsp3) is 0.105. The number of amides is 2. The third-order valence-electron chi connectivity index (χ3n) is 3.98. The van der Waals surface area contributed by atoms with E-state index in [1.807, 2.05) is 0 Å². The first-order chi connectivity index (χ1) is 13.9. The molecule has 3 rings (SSSR count). The number of nitro groups is 1. The van der Waals surface area contributed by atoms with Crippen LogP contribution in [0.2, 0.25) is 0 Å². The fourth-order valence-electron chi connectivity index (χ4n) is 2.54. The van der Waals surface area contributed by atoms with E-state index in [2.05, 4.69) is 10.6 Å². The molecule has 0 bridgehead atoms. The summed E-state index contributed by atoms with van der Waals surface area (Å²) in [7, 11) is 1.46. The van der Waals surface area contributed by atoms with Crippen LogP contribution in [0.5, 0.6) is 11.5 Å². The molecule has 148 valence electrons. The van der Waals surface area contributed by atoms with Crippen molar-refractivity contribution in [2.24, 2.45) is 0 Å². The molecule has 2 N–H and O–H groups in total. The van der Waals surface area contributed by atoms with Gasteiger partial charge in [0.25, 0.3) is 17.5 Å². The summed E-state index contributed by atoms with van der Waals surface area (Å²) in [6, 6.07) is 10.9. The Balaban J connectivity index is 1.76. The first-order valence-electron chi connectivity index (χ1n) is 8.30. The van der Waals surface area contributed by atoms with E-state index in [1.54, 1.807) is 30.3 Å². The van der Waals surface area contributed by atoms with Gasteiger partial charge < -0.3 is 9.47 Å². The topological polar surface area (TPSA) is 120 Å². The largest absolute Gasteiger partial charge is 0.493 e. The molecular formula is C19H15N3O6S. The van der Waals surface area contributed by atoms with Gasteiger partial charge in [0.05, 0.1) is 12.0 Å². The minimum atomic E-state index is -0.587. The van der Waals surface area contributed by atoms with Crippen molar-refractivity contribution in [1.29, 1.82) is 0 Å². The van der Waals surface area contributed by atoms with Crippen molar-refractivity contribution in [1.82, 2.24) is 10.6 Å². The van der Waals surface area contributed by atoms with E-state index < -0.39 is 16.7 Å². The van der Waals surface area contributed by atoms with Crippen LogP contribution in [0.15, 0.2) is 48.0 Å². The van der Waals surface area contributed by atoms with Crippen molar-refractivity contribution in [3.8, 4) is 11.5 Å². The summed E-state index contributed by atoms with van der Waals surface area (Å²) < 4.78 is 11.0. The standard InChI is InChI=1S/C19H15N3O6S/c1-27-16-9-12(8-14-17(23)20-19(29)21-18(14)24)4-7-15(16)28-10-11-2-5-13(6-3-11)22(25)26/h2-9H,10H2,1H3,(H2,20,21,23,24,29). The maximum absolute atomic E-state index is 11.9. The average Bonchev–Trinajstić information content (AvgIpc) is 2.69. The summed E-state index contributed by atoms with van der Waals surface area (Å²) in [5.41, 5.74) is 1.22. The van der Waals surface area contributed by atoms with E-state index in [-0.39, 0.29) is 23.0 Å². The summed E-state index contributed by atoms with van der Waals surface area (Å²) in [5.74, 6) is -0.340. The Morgan fingerprint density at radius 3 is 2.31 bits per heavy atom. The van der Waals surface area contributed by atoms with Crippen LogP contribution in [0.3, 0.4) is 0 Å². The first-order valence-corrected chi connectivity index (χ1v) is 8.70. The highest BCUT2D eigenvalue weighted by molar-refractivity contribution is 7.80. The Morgan fingerprint density at radius 1 is 1.07 bits per heavy atom. The molecule has 1 aliphatic rings. The molecule has 0 unspecified atom stereocenters. The number of thiocarbonyl (C=S) groups is 1. The van der Waals surface area contributed by atoms with E-state index in [9.17, 15) is 19.7 Å². The normalized spacial score (nSPS) is 13.4. The second kappa shape index (κ2) is 8.48. The van der Waals surface area contributed by atoms with Crippen molar-refractivity contribution in [3.05, 3.63) is 69.3 Å². The van der Waals surface area contributed by atoms with E-state index in [1.165, 1.54) is 25.3 Å². The fourth-order valence-corrected chi connectivity index (χ4v) is 2.73. The molecule has 2 aromatic carbocycles. The molecule has 10 heteroatoms. The number of methoxy groups -OCH3 is 1. The number of nitrogens with zero attached hydrogens (tertiary/aromatic N) is 1. The van der Waals surface area contributed by atoms with E-state index in [4.69, 9.17) is 21.7 Å². The van der Waals surface area contributed by atoms with Crippen LogP contribution in [-0.4, -0.2) is 29.0 Å². The summed E-state index contributed by atoms with van der Waals surface area (Å²) in [6.45, 7) is 0.178. The van der Waals surface area contributed by atoms with Gasteiger partial charge in [0.1, 0.15) is 12.2 Å². The molecule has 9 nitrogen and oxygen atoms in total. The number of hydrogen-bond donors (Lipinski definition) is 2. The average molecular weight is 413 g/mol. The minimum absolute atomic E-state index is 0.000250. The van der Waals surface area contributed by atoms with Crippen LogP contribution >= 0.6 is 12.2 Å². The van der Waals surface area contributed by atoms with Gasteiger partial charge in [0, 0.05) is 12.1 Å². The van der Waals surface area contributed by atoms with Crippen molar-refractivity contribution >= 4 is 40.9 Å². The van der Waals surface area contributed by atoms with E-state index >= 15 is 0 Å². The molecule has 0 aliphatic carbocycles. The first kappa shape index (κ1) is 20.0. The van der Waals surface area contributed by atoms with Gasteiger partial charge in [0.15, 0.2) is 16.6 Å². The zero-order valence-corrected chi connectivity index (χ0v) is 15.9. The Morgan fingerprint density at radius 2 is 1.72 bits per heavy atom. The van der Waals surface area contributed by atoms with Gasteiger partial charge >= 0.3 is 0 Å². The lowest BCUT2D eigenvalue weighted by Gasteiger charge is -2.16. The number of hydrogen-bond acceptors (Lipinski definition) is 7. The Kier molecular flexibility index (Phi) is 5.84. The molecule has 0 atom stereocenters. The molecule has 0 saturated carbocycles. The highest BCUT2D eigenvalue weighted by Crippen LogP contribution is 2.30. The molecule has 0 aromatic heterocycles. The second-order valence-electron chi connectivity index (χ2n) is 5.92. The number of benzene rings is 2. The third kappa shape index (κ3) is 4.74. The number of carbonyl (C=O) groups excluding carboxylic acids is 2. The van der Waals surface area contributed by atoms with Crippen molar-refractivity contribution < 1.29 is 24.0 Å². The molecule has 2 aromatic rings. The van der Waals surface area contributed by atoms with Gasteiger partial charge in [-0.2, -0.15) is 0 Å². The van der Waals surface area contributed by atoms with Crippen molar-refractivity contribution in [2.45, 2.75) is 6.61 Å². The Bertz CT molecular complexity index is 1010. The molecule has 2 amide bonds. The predicted molar refractivity (Wildman–Crippen MR) is 107 cm³/mol. The number of ether oxygens (including phenoxy) is 2. The molecule has 29 heavy (non-hydrogen) atoms. The van der Waals surface area contributed by atoms with Crippen LogP contribution in [0.25, 0.3) is 6.08 Å². The maximum atomic E-state index is 11.9. The lowest BCUT2D eigenvalue weighted by molar-refractivity contribution is -0.384. The Labute approximate surface area is 170 Å². The SMILES string of the molecule is COc1cc(C=C2C(=O)NC(=S)NC2=O)ccc1OCc1ccc([N+](=O)[O-])cc1. The van der Waals surface area contributed by atoms with Crippen LogP contribution < -0.4 is 20.1 Å². The number of rotatable bonds is 6. The summed E-state index contributed by atoms with van der Waals surface area (Å²) in [6.07, 6.45) is 1.41. The molecule has 1 aliphatic heterocycles. The van der Waals surface area contributed by atoms with Crippen molar-refractivity contribution in [2.75, 3.05) is 7.11 Å². The monoisotopic (exact) mass is 413 g/mol. The Hall–Kier alpha value is -3.79. The zero-order valence-electron chi connectivity index (χ0n) is 15.1. The molecule has 1 saturated heterocycles. The molecule has 0 spiro atoms. The number of nitrogens with one attached hydrogen (secondary N) is 2. The summed E-state index contributed by atoms with van der Waals surface area (Å²) >= 11 is 4.76. The molecule has 0 radical (unpaired) electrons. The van der Waals surface area contributed by atoms with Gasteiger partial charge in [0.2, 0.25) is 0 Å². The van der Waals surface area contributed by atoms with Crippen molar-refractivity contribution in [3.63, 3.8) is 0 Å². The van der Waals surface area contributed by atoms with Gasteiger partial charge in [-0.05, 0) is 53.7 Å². The van der Waals surface area contributed by atoms with Gasteiger partial charge in [-0.25, -0.2) is 0 Å². The number of non-ortho nitro benzene ring substituents is 1. The maximum Gasteiger partial charge on any atom is 0.269 e. The molecular weight excluding hydrogens is 398 g/mol. The molecule has 1 heterocycles. The molecule has 1 fully saturated rings. The quantitative estimate of drug-likeness (QED) is 0.245. The van der Waals surface area contributed by atoms with Gasteiger partial charge in [-0.3, -0.25) is 30.3 Å². The van der Waals surface area contributed by atoms with Crippen LogP contribution in [0.4, 0.5) is 5.69 Å². The van der Waals surface area contributed by atoms with Gasteiger partial charge in [-0.15, -0.1) is 0 Å². The smallest absolute Gasteiger partial charge is 0.269 e. The summed E-state index contributed by atoms with van der Waals surface area (Å²) in [5, 5.41) is 15.4. The van der Waals surface area contributed by atoms with E-state index in [0.29, 0.717) is 17.1 Å².